The lowest BCUT2D eigenvalue weighted by Gasteiger charge is -2.09. The number of carbonyl (C=O) groups is 1. The molecule has 3 nitrogen and oxygen atoms in total. The number of benzene rings is 1. The van der Waals surface area contributed by atoms with Crippen molar-refractivity contribution in [2.75, 3.05) is 11.9 Å². The van der Waals surface area contributed by atoms with Crippen molar-refractivity contribution in [3.63, 3.8) is 0 Å². The summed E-state index contributed by atoms with van der Waals surface area (Å²) in [6, 6.07) is 4.47. The number of carbonyl (C=O) groups excluding carboxylic acids is 1. The SMILES string of the molecule is CC(CBr)CCCNC(=O)c1ccc(Cl)cc1O. The predicted molar refractivity (Wildman–Crippen MR) is 77.6 cm³/mol. The first-order valence-corrected chi connectivity index (χ1v) is 7.37. The van der Waals surface area contributed by atoms with Gasteiger partial charge >= 0.3 is 0 Å². The van der Waals surface area contributed by atoms with Gasteiger partial charge in [-0.05, 0) is 37.0 Å². The highest BCUT2D eigenvalue weighted by Gasteiger charge is 2.10. The van der Waals surface area contributed by atoms with Crippen LogP contribution in [0, 0.1) is 5.92 Å². The van der Waals surface area contributed by atoms with E-state index in [0.29, 0.717) is 17.5 Å². The number of halogens is 2. The minimum Gasteiger partial charge on any atom is -0.507 e. The second kappa shape index (κ2) is 7.64. The summed E-state index contributed by atoms with van der Waals surface area (Å²) in [6.07, 6.45) is 1.98. The van der Waals surface area contributed by atoms with Gasteiger partial charge in [-0.15, -0.1) is 0 Å². The molecule has 1 aromatic carbocycles. The molecule has 100 valence electrons. The van der Waals surface area contributed by atoms with Gasteiger partial charge in [0.1, 0.15) is 5.75 Å². The van der Waals surface area contributed by atoms with E-state index in [4.69, 9.17) is 11.6 Å². The van der Waals surface area contributed by atoms with Crippen molar-refractivity contribution in [3.8, 4) is 5.75 Å². The van der Waals surface area contributed by atoms with E-state index in [1.807, 2.05) is 0 Å². The third kappa shape index (κ3) is 4.86. The second-order valence-corrected chi connectivity index (χ2v) is 5.40. The zero-order chi connectivity index (χ0) is 13.5. The Kier molecular flexibility index (Phi) is 6.50. The van der Waals surface area contributed by atoms with Gasteiger partial charge in [0.15, 0.2) is 0 Å². The molecule has 0 aromatic heterocycles. The Bertz CT molecular complexity index is 412. The fraction of sp³-hybridized carbons (Fsp3) is 0.462. The maximum atomic E-state index is 11.8. The van der Waals surface area contributed by atoms with Gasteiger partial charge < -0.3 is 10.4 Å². The van der Waals surface area contributed by atoms with E-state index in [-0.39, 0.29) is 17.2 Å². The van der Waals surface area contributed by atoms with Crippen molar-refractivity contribution in [2.45, 2.75) is 19.8 Å². The van der Waals surface area contributed by atoms with E-state index < -0.39 is 0 Å². The monoisotopic (exact) mass is 333 g/mol. The topological polar surface area (TPSA) is 49.3 Å². The molecule has 0 saturated heterocycles. The first-order valence-electron chi connectivity index (χ1n) is 5.87. The lowest BCUT2D eigenvalue weighted by atomic mass is 10.1. The summed E-state index contributed by atoms with van der Waals surface area (Å²) >= 11 is 9.12. The molecule has 1 amide bonds. The molecule has 5 heteroatoms. The molecule has 1 atom stereocenters. The highest BCUT2D eigenvalue weighted by molar-refractivity contribution is 9.09. The molecule has 0 radical (unpaired) electrons. The van der Waals surface area contributed by atoms with Crippen LogP contribution in [-0.4, -0.2) is 22.9 Å². The molecule has 0 saturated carbocycles. The minimum absolute atomic E-state index is 0.0890. The number of nitrogens with one attached hydrogen (secondary N) is 1. The third-order valence-electron chi connectivity index (χ3n) is 2.63. The summed E-state index contributed by atoms with van der Waals surface area (Å²) < 4.78 is 0. The van der Waals surface area contributed by atoms with Crippen molar-refractivity contribution in [3.05, 3.63) is 28.8 Å². The van der Waals surface area contributed by atoms with Crippen LogP contribution in [0.15, 0.2) is 18.2 Å². The Balaban J connectivity index is 2.41. The van der Waals surface area contributed by atoms with Crippen LogP contribution in [0.1, 0.15) is 30.1 Å². The Labute approximate surface area is 121 Å². The maximum Gasteiger partial charge on any atom is 0.255 e. The average Bonchev–Trinajstić information content (AvgIpc) is 2.34. The third-order valence-corrected chi connectivity index (χ3v) is 3.97. The number of aromatic hydroxyl groups is 1. The Morgan fingerprint density at radius 2 is 2.28 bits per heavy atom. The van der Waals surface area contributed by atoms with Gasteiger partial charge in [0, 0.05) is 16.9 Å². The summed E-state index contributed by atoms with van der Waals surface area (Å²) in [5, 5.41) is 13.8. The van der Waals surface area contributed by atoms with Crippen molar-refractivity contribution in [1.82, 2.24) is 5.32 Å². The first kappa shape index (κ1) is 15.3. The van der Waals surface area contributed by atoms with Gasteiger partial charge in [-0.3, -0.25) is 4.79 Å². The van der Waals surface area contributed by atoms with Crippen LogP contribution in [-0.2, 0) is 0 Å². The molecule has 0 bridgehead atoms. The number of rotatable bonds is 6. The molecule has 0 fully saturated rings. The zero-order valence-electron chi connectivity index (χ0n) is 10.2. The number of alkyl halides is 1. The first-order chi connectivity index (χ1) is 8.54. The van der Waals surface area contributed by atoms with E-state index in [2.05, 4.69) is 28.2 Å². The number of hydrogen-bond donors (Lipinski definition) is 2. The fourth-order valence-corrected chi connectivity index (χ4v) is 2.01. The van der Waals surface area contributed by atoms with E-state index in [1.54, 1.807) is 6.07 Å². The number of phenols is 1. The van der Waals surface area contributed by atoms with Gasteiger partial charge in [-0.1, -0.05) is 34.5 Å². The molecule has 0 aliphatic rings. The highest BCUT2D eigenvalue weighted by Crippen LogP contribution is 2.21. The van der Waals surface area contributed by atoms with Crippen LogP contribution < -0.4 is 5.32 Å². The molecule has 2 N–H and O–H groups in total. The number of phenolic OH excluding ortho intramolecular Hbond substituents is 1. The fourth-order valence-electron chi connectivity index (χ4n) is 1.52. The summed E-state index contributed by atoms with van der Waals surface area (Å²) in [5.41, 5.74) is 0.257. The molecule has 0 aliphatic heterocycles. The van der Waals surface area contributed by atoms with Gasteiger partial charge in [-0.25, -0.2) is 0 Å². The van der Waals surface area contributed by atoms with Crippen LogP contribution in [0.3, 0.4) is 0 Å². The van der Waals surface area contributed by atoms with Crippen LogP contribution in [0.2, 0.25) is 5.02 Å². The summed E-state index contributed by atoms with van der Waals surface area (Å²) in [7, 11) is 0. The Morgan fingerprint density at radius 3 is 2.89 bits per heavy atom. The predicted octanol–water partition coefficient (Wildman–Crippen LogP) is 3.59. The lowest BCUT2D eigenvalue weighted by Crippen LogP contribution is -2.24. The number of amides is 1. The minimum atomic E-state index is -0.268. The van der Waals surface area contributed by atoms with Crippen LogP contribution >= 0.6 is 27.5 Å². The summed E-state index contributed by atoms with van der Waals surface area (Å²) in [6.45, 7) is 2.76. The standard InChI is InChI=1S/C13H17BrClNO2/c1-9(8-14)3-2-6-16-13(18)11-5-4-10(15)7-12(11)17/h4-5,7,9,17H,2-3,6,8H2,1H3,(H,16,18). The molecule has 1 aromatic rings. The normalized spacial score (nSPS) is 12.2. The zero-order valence-corrected chi connectivity index (χ0v) is 12.6. The lowest BCUT2D eigenvalue weighted by molar-refractivity contribution is 0.0950. The summed E-state index contributed by atoms with van der Waals surface area (Å²) in [4.78, 5) is 11.8. The van der Waals surface area contributed by atoms with Crippen molar-refractivity contribution >= 4 is 33.4 Å². The van der Waals surface area contributed by atoms with Crippen molar-refractivity contribution < 1.29 is 9.90 Å². The summed E-state index contributed by atoms with van der Waals surface area (Å²) in [5.74, 6) is 0.246. The van der Waals surface area contributed by atoms with Crippen molar-refractivity contribution in [1.29, 1.82) is 0 Å². The molecule has 0 aliphatic carbocycles. The van der Waals surface area contributed by atoms with Crippen molar-refractivity contribution in [2.24, 2.45) is 5.92 Å². The van der Waals surface area contributed by atoms with E-state index in [0.717, 1.165) is 18.2 Å². The average molecular weight is 335 g/mol. The molecule has 0 spiro atoms. The molecule has 1 unspecified atom stereocenters. The van der Waals surface area contributed by atoms with Crippen LogP contribution in [0.5, 0.6) is 5.75 Å². The van der Waals surface area contributed by atoms with Crippen LogP contribution in [0.4, 0.5) is 0 Å². The van der Waals surface area contributed by atoms with Gasteiger partial charge in [-0.2, -0.15) is 0 Å². The van der Waals surface area contributed by atoms with E-state index in [1.165, 1.54) is 12.1 Å². The Morgan fingerprint density at radius 1 is 1.56 bits per heavy atom. The maximum absolute atomic E-state index is 11.8. The second-order valence-electron chi connectivity index (χ2n) is 4.32. The van der Waals surface area contributed by atoms with Crippen LogP contribution in [0.25, 0.3) is 0 Å². The molecule has 0 heterocycles. The van der Waals surface area contributed by atoms with Gasteiger partial charge in [0.05, 0.1) is 5.56 Å². The Hall–Kier alpha value is -0.740. The smallest absolute Gasteiger partial charge is 0.255 e. The number of hydrogen-bond acceptors (Lipinski definition) is 2. The van der Waals surface area contributed by atoms with E-state index in [9.17, 15) is 9.90 Å². The highest BCUT2D eigenvalue weighted by atomic mass is 79.9. The van der Waals surface area contributed by atoms with Gasteiger partial charge in [0.2, 0.25) is 0 Å². The molecular formula is C13H17BrClNO2. The molecule has 18 heavy (non-hydrogen) atoms. The molecule has 1 rings (SSSR count). The van der Waals surface area contributed by atoms with E-state index >= 15 is 0 Å². The largest absolute Gasteiger partial charge is 0.507 e. The quantitative estimate of drug-likeness (QED) is 0.617. The molecular weight excluding hydrogens is 318 g/mol. The van der Waals surface area contributed by atoms with Gasteiger partial charge in [0.25, 0.3) is 5.91 Å².